The smallest absolute Gasteiger partial charge is 0.340 e. The Bertz CT molecular complexity index is 1250. The molecule has 7 nitrogen and oxygen atoms in total. The maximum absolute atomic E-state index is 12.6. The van der Waals surface area contributed by atoms with Crippen molar-refractivity contribution in [2.45, 2.75) is 26.7 Å². The van der Waals surface area contributed by atoms with E-state index in [4.69, 9.17) is 10.5 Å². The number of esters is 1. The van der Waals surface area contributed by atoms with E-state index in [2.05, 4.69) is 35.4 Å². The number of carbonyl (C=O) groups is 2. The largest absolute Gasteiger partial charge is 0.465 e. The van der Waals surface area contributed by atoms with Gasteiger partial charge in [-0.15, -0.1) is 0 Å². The van der Waals surface area contributed by atoms with Gasteiger partial charge in [-0.05, 0) is 35.9 Å². The molecule has 1 amide bonds. The van der Waals surface area contributed by atoms with Crippen molar-refractivity contribution in [1.82, 2.24) is 9.97 Å². The molecule has 0 fully saturated rings. The number of nitrogens with zero attached hydrogens (tertiary/aromatic N) is 1. The van der Waals surface area contributed by atoms with Crippen LogP contribution in [-0.2, 0) is 14.3 Å². The summed E-state index contributed by atoms with van der Waals surface area (Å²) in [5.74, 6) is -0.831. The summed E-state index contributed by atoms with van der Waals surface area (Å²) < 4.78 is 4.90. The molecule has 7 heteroatoms. The van der Waals surface area contributed by atoms with Gasteiger partial charge in [-0.3, -0.25) is 10.1 Å². The maximum Gasteiger partial charge on any atom is 0.340 e. The first-order valence-corrected chi connectivity index (χ1v) is 9.84. The fraction of sp³-hybridized carbons (Fsp3) is 0.208. The molecule has 0 aliphatic carbocycles. The number of amides is 1. The molecule has 1 aromatic carbocycles. The molecule has 0 aliphatic rings. The van der Waals surface area contributed by atoms with E-state index in [1.807, 2.05) is 31.2 Å². The lowest BCUT2D eigenvalue weighted by molar-refractivity contribution is -0.133. The first-order valence-electron chi connectivity index (χ1n) is 9.84. The minimum atomic E-state index is -0.530. The molecule has 0 unspecified atom stereocenters. The standard InChI is InChI=1S/C24H28N4O3/c1-6-9-15(2)12-20(23(30)31-5)21-17(4)26-24(27-21)28-22(29)16(3)13-18-10-7-8-11-19(18)14-25/h7-8,10-14H,3-4,6,9,25H2,1-2,5H3,(H2,26,27,28,29)/b15-12+,18-13-,19-14-,21-20-. The lowest BCUT2D eigenvalue weighted by Crippen LogP contribution is -2.28. The number of aromatic amines is 1. The van der Waals surface area contributed by atoms with E-state index < -0.39 is 11.9 Å². The summed E-state index contributed by atoms with van der Waals surface area (Å²) in [4.78, 5) is 32.1. The molecule has 2 rings (SSSR count). The van der Waals surface area contributed by atoms with Crippen LogP contribution in [-0.4, -0.2) is 29.0 Å². The van der Waals surface area contributed by atoms with Crippen molar-refractivity contribution in [3.63, 3.8) is 0 Å². The zero-order valence-corrected chi connectivity index (χ0v) is 18.1. The summed E-state index contributed by atoms with van der Waals surface area (Å²) in [6, 6.07) is 7.36. The molecule has 0 aliphatic heterocycles. The van der Waals surface area contributed by atoms with Gasteiger partial charge in [0.2, 0.25) is 5.95 Å². The van der Waals surface area contributed by atoms with E-state index in [1.165, 1.54) is 13.3 Å². The van der Waals surface area contributed by atoms with Crippen LogP contribution < -0.4 is 32.2 Å². The number of hydrogen-bond donors (Lipinski definition) is 3. The van der Waals surface area contributed by atoms with E-state index in [1.54, 1.807) is 12.2 Å². The van der Waals surface area contributed by atoms with Crippen molar-refractivity contribution < 1.29 is 14.3 Å². The second kappa shape index (κ2) is 10.8. The Hall–Kier alpha value is -3.87. The molecule has 162 valence electrons. The number of ether oxygens (including phenoxy) is 1. The second-order valence-corrected chi connectivity index (χ2v) is 6.98. The molecule has 0 bridgehead atoms. The number of aromatic nitrogens is 2. The van der Waals surface area contributed by atoms with Gasteiger partial charge in [-0.2, -0.15) is 0 Å². The van der Waals surface area contributed by atoms with Crippen molar-refractivity contribution in [3.05, 3.63) is 69.2 Å². The van der Waals surface area contributed by atoms with Crippen LogP contribution in [0.5, 0.6) is 0 Å². The zero-order valence-electron chi connectivity index (χ0n) is 18.1. The quantitative estimate of drug-likeness (QED) is 0.448. The van der Waals surface area contributed by atoms with E-state index in [0.29, 0.717) is 10.7 Å². The third-order valence-electron chi connectivity index (χ3n) is 4.50. The molecule has 0 atom stereocenters. The summed E-state index contributed by atoms with van der Waals surface area (Å²) in [6.45, 7) is 11.7. The Kier molecular flexibility index (Phi) is 8.14. The molecule has 2 aromatic rings. The Morgan fingerprint density at radius 1 is 1.29 bits per heavy atom. The summed E-state index contributed by atoms with van der Waals surface area (Å²) in [7, 11) is 1.31. The number of rotatable bonds is 7. The molecule has 4 N–H and O–H groups in total. The van der Waals surface area contributed by atoms with Crippen LogP contribution in [0.3, 0.4) is 0 Å². The van der Waals surface area contributed by atoms with Crippen molar-refractivity contribution in [2.24, 2.45) is 5.73 Å². The molecule has 0 spiro atoms. The van der Waals surface area contributed by atoms with Crippen LogP contribution in [0.15, 0.2) is 48.1 Å². The third-order valence-corrected chi connectivity index (χ3v) is 4.50. The fourth-order valence-corrected chi connectivity index (χ4v) is 2.97. The number of imidazole rings is 1. The molecule has 31 heavy (non-hydrogen) atoms. The number of methoxy groups -OCH3 is 1. The topological polar surface area (TPSA) is 110 Å². The zero-order chi connectivity index (χ0) is 23.0. The Morgan fingerprint density at radius 3 is 2.58 bits per heavy atom. The first kappa shape index (κ1) is 23.4. The highest BCUT2D eigenvalue weighted by molar-refractivity contribution is 6.13. The number of allylic oxidation sites excluding steroid dienone is 1. The van der Waals surface area contributed by atoms with Gasteiger partial charge in [0.25, 0.3) is 5.91 Å². The Morgan fingerprint density at radius 2 is 1.97 bits per heavy atom. The molecule has 0 saturated heterocycles. The first-order chi connectivity index (χ1) is 14.8. The molecule has 0 radical (unpaired) electrons. The van der Waals surface area contributed by atoms with Gasteiger partial charge in [0, 0.05) is 11.8 Å². The Labute approximate surface area is 181 Å². The normalized spacial score (nSPS) is 13.7. The van der Waals surface area contributed by atoms with Crippen LogP contribution in [0.4, 0.5) is 5.95 Å². The highest BCUT2D eigenvalue weighted by Gasteiger charge is 2.13. The van der Waals surface area contributed by atoms with Crippen LogP contribution in [0.25, 0.3) is 24.4 Å². The second-order valence-electron chi connectivity index (χ2n) is 6.98. The molecule has 1 heterocycles. The number of carbonyl (C=O) groups excluding carboxylic acids is 2. The van der Waals surface area contributed by atoms with Gasteiger partial charge >= 0.3 is 5.97 Å². The van der Waals surface area contributed by atoms with E-state index in [9.17, 15) is 9.59 Å². The predicted octanol–water partition coefficient (Wildman–Crippen LogP) is 0.562. The van der Waals surface area contributed by atoms with E-state index in [0.717, 1.165) is 28.9 Å². The highest BCUT2D eigenvalue weighted by Crippen LogP contribution is 2.09. The van der Waals surface area contributed by atoms with Gasteiger partial charge in [-0.1, -0.05) is 56.3 Å². The molecule has 1 aromatic heterocycles. The SMILES string of the molecule is C=C(/C=c1/cccc/c1=C/N)C(=O)Nc1n/c(=C(/C=C(\C)CCC)C(=O)OC)c(=C)[nH]1. The van der Waals surface area contributed by atoms with Gasteiger partial charge in [0.15, 0.2) is 0 Å². The average Bonchev–Trinajstić information content (AvgIpc) is 3.11. The van der Waals surface area contributed by atoms with Crippen molar-refractivity contribution in [2.75, 3.05) is 12.4 Å². The third kappa shape index (κ3) is 6.05. The number of nitrogens with one attached hydrogen (secondary N) is 2. The summed E-state index contributed by atoms with van der Waals surface area (Å²) >= 11 is 0. The van der Waals surface area contributed by atoms with Crippen LogP contribution in [0, 0.1) is 0 Å². The molecular weight excluding hydrogens is 392 g/mol. The van der Waals surface area contributed by atoms with E-state index >= 15 is 0 Å². The monoisotopic (exact) mass is 420 g/mol. The fourth-order valence-electron chi connectivity index (χ4n) is 2.97. The minimum Gasteiger partial charge on any atom is -0.465 e. The predicted molar refractivity (Wildman–Crippen MR) is 124 cm³/mol. The van der Waals surface area contributed by atoms with Gasteiger partial charge in [0.05, 0.1) is 18.0 Å². The summed E-state index contributed by atoms with van der Waals surface area (Å²) in [5.41, 5.74) is 7.12. The van der Waals surface area contributed by atoms with Crippen molar-refractivity contribution in [1.29, 1.82) is 0 Å². The summed E-state index contributed by atoms with van der Waals surface area (Å²) in [6.07, 6.45) is 6.60. The van der Waals surface area contributed by atoms with Crippen molar-refractivity contribution in [3.8, 4) is 0 Å². The number of benzene rings is 1. The number of nitrogens with two attached hydrogens (primary N) is 1. The van der Waals surface area contributed by atoms with Crippen LogP contribution in [0.1, 0.15) is 26.7 Å². The Balaban J connectivity index is 2.41. The van der Waals surface area contributed by atoms with E-state index in [-0.39, 0.29) is 17.1 Å². The number of hydrogen-bond acceptors (Lipinski definition) is 5. The highest BCUT2D eigenvalue weighted by atomic mass is 16.5. The van der Waals surface area contributed by atoms with Crippen molar-refractivity contribution >= 4 is 42.3 Å². The number of H-pyrrole nitrogens is 1. The maximum atomic E-state index is 12.6. The lowest BCUT2D eigenvalue weighted by atomic mass is 10.1. The molecular formula is C24H28N4O3. The molecule has 0 saturated carbocycles. The van der Waals surface area contributed by atoms with Gasteiger partial charge in [0.1, 0.15) is 5.35 Å². The number of anilines is 1. The average molecular weight is 421 g/mol. The van der Waals surface area contributed by atoms with Crippen LogP contribution >= 0.6 is 0 Å². The van der Waals surface area contributed by atoms with Crippen LogP contribution in [0.2, 0.25) is 0 Å². The van der Waals surface area contributed by atoms with Gasteiger partial charge in [-0.25, -0.2) is 9.78 Å². The lowest BCUT2D eigenvalue weighted by Gasteiger charge is -2.02. The summed E-state index contributed by atoms with van der Waals surface area (Å²) in [5, 5.41) is 4.89. The van der Waals surface area contributed by atoms with Gasteiger partial charge < -0.3 is 15.5 Å². The minimum absolute atomic E-state index is 0.154.